The van der Waals surface area contributed by atoms with Gasteiger partial charge in [0.05, 0.1) is 11.1 Å². The molecule has 126 valence electrons. The molecule has 1 fully saturated rings. The second-order valence-electron chi connectivity index (χ2n) is 6.87. The number of hydrogen-bond donors (Lipinski definition) is 0. The van der Waals surface area contributed by atoms with Gasteiger partial charge in [-0.2, -0.15) is 0 Å². The lowest BCUT2D eigenvalue weighted by atomic mass is 9.97. The third-order valence-electron chi connectivity index (χ3n) is 3.94. The molecule has 1 aliphatic rings. The highest BCUT2D eigenvalue weighted by Gasteiger charge is 2.23. The maximum Gasteiger partial charge on any atom is 0.311 e. The van der Waals surface area contributed by atoms with Crippen molar-refractivity contribution in [1.29, 1.82) is 0 Å². The zero-order valence-electron chi connectivity index (χ0n) is 14.2. The largest absolute Gasteiger partial charge is 0.464 e. The molecule has 2 rings (SSSR count). The topological polar surface area (TPSA) is 49.9 Å². The number of nitrogens with zero attached hydrogens (tertiary/aromatic N) is 2. The molecule has 1 heterocycles. The fraction of sp³-hybridized carbons (Fsp3) is 0.556. The summed E-state index contributed by atoms with van der Waals surface area (Å²) in [5.41, 5.74) is 0.364. The predicted octanol–water partition coefficient (Wildman–Crippen LogP) is 1.76. The number of rotatable bonds is 4. The second kappa shape index (κ2) is 7.59. The van der Waals surface area contributed by atoms with E-state index >= 15 is 0 Å². The van der Waals surface area contributed by atoms with Crippen LogP contribution >= 0.6 is 0 Å². The fourth-order valence-electron chi connectivity index (χ4n) is 2.48. The van der Waals surface area contributed by atoms with E-state index in [4.69, 9.17) is 4.74 Å². The summed E-state index contributed by atoms with van der Waals surface area (Å²) in [6.45, 7) is 10.1. The Hall–Kier alpha value is -1.88. The first-order valence-electron chi connectivity index (χ1n) is 8.12. The molecule has 0 aromatic heterocycles. The number of anilines is 1. The zero-order valence-corrected chi connectivity index (χ0v) is 14.2. The molecule has 0 atom stereocenters. The summed E-state index contributed by atoms with van der Waals surface area (Å²) in [7, 11) is 0. The van der Waals surface area contributed by atoms with Crippen molar-refractivity contribution >= 4 is 11.7 Å². The van der Waals surface area contributed by atoms with E-state index in [-0.39, 0.29) is 11.4 Å². The lowest BCUT2D eigenvalue weighted by Crippen LogP contribution is -2.48. The standard InChI is InChI=1S/C18H26N2O3/c1-18(2,3)17(22)23-14-13-19-9-11-20(12-10-19)15-7-5-4-6-8-16(15)21/h4-8H,9-14H2,1-3H3. The maximum absolute atomic E-state index is 12.0. The van der Waals surface area contributed by atoms with Crippen LogP contribution in [0.1, 0.15) is 20.8 Å². The molecule has 0 N–H and O–H groups in total. The molecule has 1 saturated heterocycles. The molecule has 1 aromatic rings. The Balaban J connectivity index is 1.80. The average molecular weight is 318 g/mol. The minimum Gasteiger partial charge on any atom is -0.464 e. The Labute approximate surface area is 137 Å². The average Bonchev–Trinajstić information content (AvgIpc) is 2.71. The van der Waals surface area contributed by atoms with Gasteiger partial charge in [0.15, 0.2) is 0 Å². The molecule has 0 unspecified atom stereocenters. The molecular formula is C18H26N2O3. The minimum atomic E-state index is -0.452. The molecule has 5 nitrogen and oxygen atoms in total. The molecule has 0 amide bonds. The van der Waals surface area contributed by atoms with E-state index in [0.29, 0.717) is 6.61 Å². The third kappa shape index (κ3) is 5.06. The first kappa shape index (κ1) is 17.5. The predicted molar refractivity (Wildman–Crippen MR) is 91.8 cm³/mol. The van der Waals surface area contributed by atoms with Crippen molar-refractivity contribution in [3.63, 3.8) is 0 Å². The fourth-order valence-corrected chi connectivity index (χ4v) is 2.48. The van der Waals surface area contributed by atoms with Gasteiger partial charge < -0.3 is 9.64 Å². The van der Waals surface area contributed by atoms with Gasteiger partial charge in [-0.05, 0) is 32.9 Å². The van der Waals surface area contributed by atoms with Gasteiger partial charge in [-0.3, -0.25) is 14.5 Å². The molecule has 0 spiro atoms. The van der Waals surface area contributed by atoms with Gasteiger partial charge >= 0.3 is 5.97 Å². The smallest absolute Gasteiger partial charge is 0.311 e. The van der Waals surface area contributed by atoms with Crippen molar-refractivity contribution in [1.82, 2.24) is 4.90 Å². The van der Waals surface area contributed by atoms with Crippen LogP contribution in [0.4, 0.5) is 5.69 Å². The quantitative estimate of drug-likeness (QED) is 0.792. The van der Waals surface area contributed by atoms with Crippen LogP contribution in [0.25, 0.3) is 0 Å². The van der Waals surface area contributed by atoms with Gasteiger partial charge in [-0.15, -0.1) is 0 Å². The van der Waals surface area contributed by atoms with E-state index in [1.54, 1.807) is 12.1 Å². The van der Waals surface area contributed by atoms with Crippen molar-refractivity contribution in [3.05, 3.63) is 40.6 Å². The lowest BCUT2D eigenvalue weighted by Gasteiger charge is -2.35. The van der Waals surface area contributed by atoms with E-state index in [1.807, 2.05) is 39.0 Å². The molecule has 0 aliphatic carbocycles. The summed E-state index contributed by atoms with van der Waals surface area (Å²) in [5.74, 6) is -0.163. The number of hydrogen-bond acceptors (Lipinski definition) is 5. The van der Waals surface area contributed by atoms with Crippen LogP contribution < -0.4 is 10.3 Å². The molecule has 1 aliphatic heterocycles. The Morgan fingerprint density at radius 2 is 1.74 bits per heavy atom. The van der Waals surface area contributed by atoms with E-state index in [9.17, 15) is 9.59 Å². The Bertz CT molecular complexity index is 587. The summed E-state index contributed by atoms with van der Waals surface area (Å²) < 4.78 is 5.31. The highest BCUT2D eigenvalue weighted by atomic mass is 16.5. The summed E-state index contributed by atoms with van der Waals surface area (Å²) in [6.07, 6.45) is 0. The van der Waals surface area contributed by atoms with Gasteiger partial charge in [-0.25, -0.2) is 0 Å². The molecular weight excluding hydrogens is 292 g/mol. The van der Waals surface area contributed by atoms with Crippen LogP contribution in [0.3, 0.4) is 0 Å². The summed E-state index contributed by atoms with van der Waals surface area (Å²) >= 11 is 0. The monoisotopic (exact) mass is 318 g/mol. The third-order valence-corrected chi connectivity index (χ3v) is 3.94. The first-order valence-corrected chi connectivity index (χ1v) is 8.12. The van der Waals surface area contributed by atoms with Crippen LogP contribution in [0.2, 0.25) is 0 Å². The number of carbonyl (C=O) groups excluding carboxylic acids is 1. The number of carbonyl (C=O) groups is 1. The van der Waals surface area contributed by atoms with Crippen molar-refractivity contribution in [2.45, 2.75) is 20.8 Å². The van der Waals surface area contributed by atoms with Crippen LogP contribution in [0.15, 0.2) is 35.1 Å². The molecule has 0 saturated carbocycles. The van der Waals surface area contributed by atoms with Crippen LogP contribution in [-0.2, 0) is 9.53 Å². The van der Waals surface area contributed by atoms with Crippen LogP contribution in [0.5, 0.6) is 0 Å². The normalized spacial score (nSPS) is 16.2. The summed E-state index contributed by atoms with van der Waals surface area (Å²) in [5, 5.41) is 0. The van der Waals surface area contributed by atoms with Crippen LogP contribution in [-0.4, -0.2) is 50.2 Å². The Kier molecular flexibility index (Phi) is 5.77. The first-order chi connectivity index (χ1) is 10.9. The SMILES string of the molecule is CC(C)(C)C(=O)OCCN1CCN(c2cccccc2=O)CC1. The number of piperazine rings is 1. The molecule has 0 radical (unpaired) electrons. The molecule has 23 heavy (non-hydrogen) atoms. The van der Waals surface area contributed by atoms with Crippen molar-refractivity contribution < 1.29 is 9.53 Å². The molecule has 5 heteroatoms. The second-order valence-corrected chi connectivity index (χ2v) is 6.87. The minimum absolute atomic E-state index is 0.0579. The highest BCUT2D eigenvalue weighted by Crippen LogP contribution is 2.15. The van der Waals surface area contributed by atoms with Crippen molar-refractivity contribution in [3.8, 4) is 0 Å². The highest BCUT2D eigenvalue weighted by molar-refractivity contribution is 5.75. The van der Waals surface area contributed by atoms with Crippen molar-refractivity contribution in [2.24, 2.45) is 5.41 Å². The maximum atomic E-state index is 12.0. The number of esters is 1. The van der Waals surface area contributed by atoms with E-state index in [0.717, 1.165) is 38.4 Å². The Morgan fingerprint density at radius 3 is 2.39 bits per heavy atom. The van der Waals surface area contributed by atoms with Gasteiger partial charge in [0.25, 0.3) is 0 Å². The van der Waals surface area contributed by atoms with E-state index in [1.165, 1.54) is 0 Å². The Morgan fingerprint density at radius 1 is 1.09 bits per heavy atom. The molecule has 0 bridgehead atoms. The van der Waals surface area contributed by atoms with E-state index < -0.39 is 5.41 Å². The summed E-state index contributed by atoms with van der Waals surface area (Å²) in [6, 6.07) is 9.02. The molecule has 1 aromatic carbocycles. The zero-order chi connectivity index (χ0) is 16.9. The van der Waals surface area contributed by atoms with Crippen LogP contribution in [0, 0.1) is 5.41 Å². The van der Waals surface area contributed by atoms with Gasteiger partial charge in [0.2, 0.25) is 5.43 Å². The lowest BCUT2D eigenvalue weighted by molar-refractivity contribution is -0.153. The van der Waals surface area contributed by atoms with Gasteiger partial charge in [0.1, 0.15) is 6.61 Å². The number of ether oxygens (including phenoxy) is 1. The summed E-state index contributed by atoms with van der Waals surface area (Å²) in [4.78, 5) is 28.1. The van der Waals surface area contributed by atoms with Gasteiger partial charge in [-0.1, -0.05) is 18.2 Å². The van der Waals surface area contributed by atoms with Gasteiger partial charge in [0, 0.05) is 32.7 Å². The van der Waals surface area contributed by atoms with Crippen molar-refractivity contribution in [2.75, 3.05) is 44.2 Å². The van der Waals surface area contributed by atoms with E-state index in [2.05, 4.69) is 9.80 Å².